The van der Waals surface area contributed by atoms with Crippen molar-refractivity contribution in [1.82, 2.24) is 0 Å². The van der Waals surface area contributed by atoms with E-state index in [9.17, 15) is 5.11 Å². The zero-order valence-electron chi connectivity index (χ0n) is 11.6. The maximum absolute atomic E-state index is 10.1. The molecule has 1 N–H and O–H groups in total. The minimum absolute atomic E-state index is 0.00785. The van der Waals surface area contributed by atoms with E-state index in [-0.39, 0.29) is 15.7 Å². The number of halogens is 2. The van der Waals surface area contributed by atoms with Crippen LogP contribution in [-0.4, -0.2) is 16.0 Å². The van der Waals surface area contributed by atoms with Crippen molar-refractivity contribution < 1.29 is 5.11 Å². The molecule has 102 valence electrons. The third-order valence-electron chi connectivity index (χ3n) is 5.25. The van der Waals surface area contributed by atoms with Gasteiger partial charge in [0.05, 0.1) is 10.9 Å². The predicted molar refractivity (Wildman–Crippen MR) is 81.1 cm³/mol. The Balaban J connectivity index is 2.52. The lowest BCUT2D eigenvalue weighted by molar-refractivity contribution is 0.0347. The van der Waals surface area contributed by atoms with E-state index < -0.39 is 6.10 Å². The first-order chi connectivity index (χ1) is 8.22. The maximum Gasteiger partial charge on any atom is 0.0854 e. The first-order valence-corrected chi connectivity index (χ1v) is 7.87. The van der Waals surface area contributed by atoms with Crippen LogP contribution in [0.3, 0.4) is 0 Å². The number of aliphatic hydroxyl groups is 1. The third kappa shape index (κ3) is 1.92. The maximum atomic E-state index is 10.1. The predicted octanol–water partition coefficient (Wildman–Crippen LogP) is 4.78. The minimum Gasteiger partial charge on any atom is -0.388 e. The second kappa shape index (κ2) is 4.64. The Hall–Kier alpha value is 0.210. The molecule has 0 fully saturated rings. The quantitative estimate of drug-likeness (QED) is 0.499. The molecule has 0 aromatic carbocycles. The van der Waals surface area contributed by atoms with E-state index in [1.165, 1.54) is 11.1 Å². The van der Waals surface area contributed by atoms with Crippen molar-refractivity contribution in [3.63, 3.8) is 0 Å². The zero-order chi connectivity index (χ0) is 13.7. The summed E-state index contributed by atoms with van der Waals surface area (Å²) < 4.78 is 0. The summed E-state index contributed by atoms with van der Waals surface area (Å²) in [6, 6.07) is 0. The Morgan fingerprint density at radius 2 is 2.00 bits per heavy atom. The van der Waals surface area contributed by atoms with Crippen molar-refractivity contribution in [2.45, 2.75) is 57.9 Å². The fourth-order valence-electron chi connectivity index (χ4n) is 3.63. The van der Waals surface area contributed by atoms with Gasteiger partial charge in [0.15, 0.2) is 0 Å². The van der Waals surface area contributed by atoms with Gasteiger partial charge in [-0.2, -0.15) is 0 Å². The molecule has 0 aromatic heterocycles. The largest absolute Gasteiger partial charge is 0.388 e. The first-order valence-electron chi connectivity index (χ1n) is 6.57. The van der Waals surface area contributed by atoms with E-state index in [1.54, 1.807) is 0 Å². The number of allylic oxidation sites excluding steroid dienone is 3. The number of aliphatic hydroxyl groups excluding tert-OH is 1. The van der Waals surface area contributed by atoms with Crippen LogP contribution >= 0.6 is 27.5 Å². The summed E-state index contributed by atoms with van der Waals surface area (Å²) in [4.78, 5) is 0.0802. The molecule has 0 bridgehead atoms. The summed E-state index contributed by atoms with van der Waals surface area (Å²) in [6.07, 6.45) is 4.69. The number of alkyl halides is 1. The highest BCUT2D eigenvalue weighted by atomic mass is 79.9. The van der Waals surface area contributed by atoms with Gasteiger partial charge in [-0.25, -0.2) is 0 Å². The van der Waals surface area contributed by atoms with Gasteiger partial charge in [-0.15, -0.1) is 0 Å². The van der Waals surface area contributed by atoms with E-state index in [2.05, 4.69) is 43.6 Å². The molecule has 2 aliphatic carbocycles. The highest BCUT2D eigenvalue weighted by Gasteiger charge is 2.54. The number of hydrogen-bond donors (Lipinski definition) is 1. The first kappa shape index (κ1) is 14.6. The summed E-state index contributed by atoms with van der Waals surface area (Å²) in [5.41, 5.74) is 2.69. The molecule has 1 spiro atoms. The summed E-state index contributed by atoms with van der Waals surface area (Å²) in [5.74, 6) is 0. The molecule has 2 rings (SSSR count). The van der Waals surface area contributed by atoms with Crippen molar-refractivity contribution in [2.24, 2.45) is 10.8 Å². The zero-order valence-corrected chi connectivity index (χ0v) is 13.9. The van der Waals surface area contributed by atoms with Crippen LogP contribution in [0.2, 0.25) is 0 Å². The van der Waals surface area contributed by atoms with Crippen molar-refractivity contribution in [1.29, 1.82) is 0 Å². The van der Waals surface area contributed by atoms with Gasteiger partial charge in [-0.05, 0) is 38.5 Å². The van der Waals surface area contributed by atoms with Crippen LogP contribution in [0.5, 0.6) is 0 Å². The van der Waals surface area contributed by atoms with Crippen LogP contribution in [0.4, 0.5) is 0 Å². The van der Waals surface area contributed by atoms with Gasteiger partial charge in [-0.3, -0.25) is 0 Å². The van der Waals surface area contributed by atoms with Crippen molar-refractivity contribution >= 4 is 27.5 Å². The highest BCUT2D eigenvalue weighted by molar-refractivity contribution is 9.09. The molecule has 0 heterocycles. The lowest BCUT2D eigenvalue weighted by Crippen LogP contribution is -2.52. The molecule has 1 nitrogen and oxygen atoms in total. The molecule has 2 aliphatic rings. The summed E-state index contributed by atoms with van der Waals surface area (Å²) >= 11 is 10.1. The molecule has 0 radical (unpaired) electrons. The van der Waals surface area contributed by atoms with Crippen LogP contribution < -0.4 is 0 Å². The molecule has 3 atom stereocenters. The average molecular weight is 334 g/mol. The summed E-state index contributed by atoms with van der Waals surface area (Å²) in [7, 11) is 0. The number of rotatable bonds is 0. The monoisotopic (exact) mass is 332 g/mol. The second-order valence-electron chi connectivity index (χ2n) is 6.41. The minimum atomic E-state index is -0.406. The fourth-order valence-corrected chi connectivity index (χ4v) is 4.54. The second-order valence-corrected chi connectivity index (χ2v) is 7.85. The van der Waals surface area contributed by atoms with Gasteiger partial charge in [0.2, 0.25) is 0 Å². The van der Waals surface area contributed by atoms with E-state index >= 15 is 0 Å². The van der Waals surface area contributed by atoms with Crippen LogP contribution in [-0.2, 0) is 0 Å². The van der Waals surface area contributed by atoms with E-state index in [0.717, 1.165) is 24.3 Å². The van der Waals surface area contributed by atoms with Gasteiger partial charge >= 0.3 is 0 Å². The van der Waals surface area contributed by atoms with E-state index in [1.807, 2.05) is 6.08 Å². The van der Waals surface area contributed by atoms with Gasteiger partial charge < -0.3 is 5.11 Å². The molecule has 18 heavy (non-hydrogen) atoms. The number of hydrogen-bond acceptors (Lipinski definition) is 1. The van der Waals surface area contributed by atoms with Crippen molar-refractivity contribution in [2.75, 3.05) is 0 Å². The average Bonchev–Trinajstić information content (AvgIpc) is 2.29. The van der Waals surface area contributed by atoms with Gasteiger partial charge in [-0.1, -0.05) is 58.6 Å². The lowest BCUT2D eigenvalue weighted by Gasteiger charge is -2.56. The Morgan fingerprint density at radius 1 is 1.39 bits per heavy atom. The molecule has 0 saturated heterocycles. The topological polar surface area (TPSA) is 20.2 Å². The normalized spacial score (nSPS) is 40.1. The van der Waals surface area contributed by atoms with Crippen LogP contribution in [0.25, 0.3) is 0 Å². The van der Waals surface area contributed by atoms with Gasteiger partial charge in [0.25, 0.3) is 0 Å². The fraction of sp³-hybridized carbons (Fsp3) is 0.733. The summed E-state index contributed by atoms with van der Waals surface area (Å²) in [6.45, 7) is 8.77. The molecule has 0 amide bonds. The van der Waals surface area contributed by atoms with Crippen molar-refractivity contribution in [3.8, 4) is 0 Å². The SMILES string of the molecule is CC1=C[C@H](O)[C@@H](Br)C(C)(C)C12CCC(C)=C(Cl)C2. The highest BCUT2D eigenvalue weighted by Crippen LogP contribution is 2.61. The molecular weight excluding hydrogens is 312 g/mol. The van der Waals surface area contributed by atoms with Crippen LogP contribution in [0.1, 0.15) is 47.0 Å². The molecule has 0 saturated carbocycles. The third-order valence-corrected chi connectivity index (χ3v) is 7.39. The Bertz CT molecular complexity index is 424. The molecule has 1 unspecified atom stereocenters. The van der Waals surface area contributed by atoms with Crippen molar-refractivity contribution in [3.05, 3.63) is 22.3 Å². The lowest BCUT2D eigenvalue weighted by atomic mass is 9.52. The van der Waals surface area contributed by atoms with E-state index in [4.69, 9.17) is 11.6 Å². The Labute approximate surface area is 123 Å². The molecule has 0 aliphatic heterocycles. The standard InChI is InChI=1S/C15H22BrClO/c1-9-5-6-15(8-11(9)17)10(2)7-12(18)13(16)14(15,3)4/h7,12-13,18H,5-6,8H2,1-4H3/t12-,13+,15?/m0/s1. The van der Waals surface area contributed by atoms with Gasteiger partial charge in [0.1, 0.15) is 0 Å². The Morgan fingerprint density at radius 3 is 2.56 bits per heavy atom. The van der Waals surface area contributed by atoms with Crippen LogP contribution in [0.15, 0.2) is 22.3 Å². The molecule has 0 aromatic rings. The smallest absolute Gasteiger partial charge is 0.0854 e. The van der Waals surface area contributed by atoms with E-state index in [0.29, 0.717) is 0 Å². The molecular formula is C15H22BrClO. The molecule has 3 heteroatoms. The van der Waals surface area contributed by atoms with Crippen LogP contribution in [0, 0.1) is 10.8 Å². The Kier molecular flexibility index (Phi) is 3.77. The van der Waals surface area contributed by atoms with Gasteiger partial charge in [0, 0.05) is 10.4 Å². The summed E-state index contributed by atoms with van der Waals surface area (Å²) in [5, 5.41) is 11.2.